The smallest absolute Gasteiger partial charge is 0.221 e. The first kappa shape index (κ1) is 15.1. The predicted molar refractivity (Wildman–Crippen MR) is 99.0 cm³/mol. The molecule has 0 aliphatic carbocycles. The summed E-state index contributed by atoms with van der Waals surface area (Å²) in [5.74, 6) is 1.40. The van der Waals surface area contributed by atoms with Crippen LogP contribution in [0.5, 0.6) is 0 Å². The minimum absolute atomic E-state index is 0.527. The van der Waals surface area contributed by atoms with E-state index in [0.717, 1.165) is 22.5 Å². The number of hydrogen-bond donors (Lipinski definition) is 0. The number of nitrogens with zero attached hydrogens (tertiary/aromatic N) is 2. The average molecular weight is 324 g/mol. The molecule has 25 heavy (non-hydrogen) atoms. The molecule has 0 bridgehead atoms. The van der Waals surface area contributed by atoms with Crippen molar-refractivity contribution in [1.82, 2.24) is 4.98 Å². The molecule has 0 unspecified atom stereocenters. The van der Waals surface area contributed by atoms with Gasteiger partial charge in [0.15, 0.2) is 5.82 Å². The van der Waals surface area contributed by atoms with Crippen molar-refractivity contribution in [1.29, 1.82) is 0 Å². The zero-order valence-corrected chi connectivity index (χ0v) is 13.5. The maximum Gasteiger partial charge on any atom is 0.221 e. The van der Waals surface area contributed by atoms with Crippen molar-refractivity contribution >= 4 is 5.82 Å². The Labute approximate surface area is 146 Å². The van der Waals surface area contributed by atoms with Crippen molar-refractivity contribution in [3.8, 4) is 22.5 Å². The lowest BCUT2D eigenvalue weighted by Gasteiger charge is -2.06. The van der Waals surface area contributed by atoms with Crippen LogP contribution in [0, 0.1) is 0 Å². The zero-order chi connectivity index (χ0) is 16.9. The molecule has 0 aliphatic heterocycles. The van der Waals surface area contributed by atoms with E-state index in [2.05, 4.69) is 22.1 Å². The van der Waals surface area contributed by atoms with Gasteiger partial charge in [0.25, 0.3) is 0 Å². The molecule has 4 aromatic rings. The van der Waals surface area contributed by atoms with Crippen LogP contribution in [0.1, 0.15) is 0 Å². The van der Waals surface area contributed by atoms with Gasteiger partial charge >= 0.3 is 0 Å². The van der Waals surface area contributed by atoms with Crippen LogP contribution in [-0.4, -0.2) is 4.98 Å². The Hall–Kier alpha value is -3.46. The standard InChI is InChI=1S/C22H16N2O/c1-3-9-17(10-4-1)19-15-20(18-11-5-2-6-12-18)25-22(16-19)24-21-13-7-8-14-23-21/h1-16H/b24-22+. The van der Waals surface area contributed by atoms with E-state index >= 15 is 0 Å². The molecule has 2 aromatic carbocycles. The number of benzene rings is 2. The molecule has 0 amide bonds. The third kappa shape index (κ3) is 3.56. The molecular formula is C22H16N2O. The van der Waals surface area contributed by atoms with Gasteiger partial charge in [-0.15, -0.1) is 0 Å². The summed E-state index contributed by atoms with van der Waals surface area (Å²) in [6.45, 7) is 0. The molecule has 120 valence electrons. The summed E-state index contributed by atoms with van der Waals surface area (Å²) in [5, 5.41) is 0. The molecule has 0 radical (unpaired) electrons. The first-order valence-electron chi connectivity index (χ1n) is 8.10. The molecule has 3 heteroatoms. The van der Waals surface area contributed by atoms with Gasteiger partial charge in [-0.3, -0.25) is 0 Å². The predicted octanol–water partition coefficient (Wildman–Crippen LogP) is 5.24. The largest absolute Gasteiger partial charge is 0.438 e. The highest BCUT2D eigenvalue weighted by molar-refractivity contribution is 5.68. The Bertz CT molecular complexity index is 963. The normalized spacial score (nSPS) is 11.4. The molecule has 0 saturated carbocycles. The average Bonchev–Trinajstić information content (AvgIpc) is 2.70. The number of hydrogen-bond acceptors (Lipinski definition) is 3. The lowest BCUT2D eigenvalue weighted by Crippen LogP contribution is -2.02. The van der Waals surface area contributed by atoms with Gasteiger partial charge in [-0.2, -0.15) is 4.99 Å². The molecule has 4 rings (SSSR count). The van der Waals surface area contributed by atoms with E-state index in [1.165, 1.54) is 0 Å². The second kappa shape index (κ2) is 6.97. The summed E-state index contributed by atoms with van der Waals surface area (Å²) in [4.78, 5) is 8.79. The molecule has 2 heterocycles. The second-order valence-electron chi connectivity index (χ2n) is 5.58. The molecular weight excluding hydrogens is 308 g/mol. The van der Waals surface area contributed by atoms with Crippen LogP contribution in [0.3, 0.4) is 0 Å². The maximum absolute atomic E-state index is 6.02. The first-order valence-corrected chi connectivity index (χ1v) is 8.10. The highest BCUT2D eigenvalue weighted by Gasteiger charge is 2.05. The molecule has 0 aliphatic rings. The van der Waals surface area contributed by atoms with Crippen LogP contribution >= 0.6 is 0 Å². The fourth-order valence-electron chi connectivity index (χ4n) is 2.62. The third-order valence-electron chi connectivity index (χ3n) is 3.82. The minimum Gasteiger partial charge on any atom is -0.438 e. The monoisotopic (exact) mass is 324 g/mol. The Morgan fingerprint density at radius 1 is 0.640 bits per heavy atom. The molecule has 2 aromatic heterocycles. The van der Waals surface area contributed by atoms with Crippen LogP contribution in [0.4, 0.5) is 5.82 Å². The Kier molecular flexibility index (Phi) is 4.21. The molecule has 0 fully saturated rings. The van der Waals surface area contributed by atoms with E-state index in [0.29, 0.717) is 11.4 Å². The van der Waals surface area contributed by atoms with Gasteiger partial charge < -0.3 is 4.42 Å². The Morgan fingerprint density at radius 3 is 2.00 bits per heavy atom. The molecule has 0 N–H and O–H groups in total. The topological polar surface area (TPSA) is 38.4 Å². The summed E-state index contributed by atoms with van der Waals surface area (Å²) < 4.78 is 6.02. The fourth-order valence-corrected chi connectivity index (χ4v) is 2.62. The highest BCUT2D eigenvalue weighted by atomic mass is 16.3. The van der Waals surface area contributed by atoms with Gasteiger partial charge in [-0.25, -0.2) is 4.98 Å². The van der Waals surface area contributed by atoms with Crippen molar-refractivity contribution in [3.05, 3.63) is 103 Å². The van der Waals surface area contributed by atoms with Gasteiger partial charge in [-0.1, -0.05) is 66.7 Å². The van der Waals surface area contributed by atoms with Crippen LogP contribution in [-0.2, 0) is 0 Å². The van der Waals surface area contributed by atoms with Crippen LogP contribution in [0.15, 0.2) is 107 Å². The second-order valence-corrected chi connectivity index (χ2v) is 5.58. The van der Waals surface area contributed by atoms with Gasteiger partial charge in [0.2, 0.25) is 5.55 Å². The van der Waals surface area contributed by atoms with Crippen LogP contribution in [0.2, 0.25) is 0 Å². The molecule has 0 spiro atoms. The number of aromatic nitrogens is 1. The van der Waals surface area contributed by atoms with E-state index in [1.807, 2.05) is 78.9 Å². The number of pyridine rings is 1. The van der Waals surface area contributed by atoms with Crippen molar-refractivity contribution in [3.63, 3.8) is 0 Å². The van der Waals surface area contributed by atoms with E-state index < -0.39 is 0 Å². The van der Waals surface area contributed by atoms with Crippen molar-refractivity contribution in [2.75, 3.05) is 0 Å². The Balaban J connectivity index is 1.91. The van der Waals surface area contributed by atoms with Gasteiger partial charge in [0, 0.05) is 17.8 Å². The quantitative estimate of drug-likeness (QED) is 0.517. The summed E-state index contributed by atoms with van der Waals surface area (Å²) >= 11 is 0. The van der Waals surface area contributed by atoms with Gasteiger partial charge in [0.1, 0.15) is 5.76 Å². The molecule has 3 nitrogen and oxygen atoms in total. The Morgan fingerprint density at radius 2 is 1.32 bits per heavy atom. The van der Waals surface area contributed by atoms with Crippen molar-refractivity contribution in [2.45, 2.75) is 0 Å². The minimum atomic E-state index is 0.527. The van der Waals surface area contributed by atoms with Gasteiger partial charge in [-0.05, 0) is 29.3 Å². The van der Waals surface area contributed by atoms with E-state index in [1.54, 1.807) is 6.20 Å². The fraction of sp³-hybridized carbons (Fsp3) is 0. The third-order valence-corrected chi connectivity index (χ3v) is 3.82. The van der Waals surface area contributed by atoms with Crippen molar-refractivity contribution < 1.29 is 4.42 Å². The SMILES string of the molecule is c1ccc(-c2cc(-c3ccccc3)o/c(=N/c3ccccn3)c2)cc1. The van der Waals surface area contributed by atoms with Crippen LogP contribution < -0.4 is 5.55 Å². The summed E-state index contributed by atoms with van der Waals surface area (Å²) in [6.07, 6.45) is 1.72. The molecule has 0 atom stereocenters. The van der Waals surface area contributed by atoms with E-state index in [4.69, 9.17) is 4.42 Å². The van der Waals surface area contributed by atoms with Crippen molar-refractivity contribution in [2.24, 2.45) is 4.99 Å². The van der Waals surface area contributed by atoms with E-state index in [-0.39, 0.29) is 0 Å². The summed E-state index contributed by atoms with van der Waals surface area (Å²) in [7, 11) is 0. The van der Waals surface area contributed by atoms with Gasteiger partial charge in [0.05, 0.1) is 0 Å². The molecule has 0 saturated heterocycles. The maximum atomic E-state index is 6.02. The highest BCUT2D eigenvalue weighted by Crippen LogP contribution is 2.24. The summed E-state index contributed by atoms with van der Waals surface area (Å²) in [6, 6.07) is 29.9. The lowest BCUT2D eigenvalue weighted by molar-refractivity contribution is 0.511. The number of rotatable bonds is 3. The zero-order valence-electron chi connectivity index (χ0n) is 13.5. The van der Waals surface area contributed by atoms with E-state index in [9.17, 15) is 0 Å². The lowest BCUT2D eigenvalue weighted by atomic mass is 10.0. The van der Waals surface area contributed by atoms with Crippen LogP contribution in [0.25, 0.3) is 22.5 Å². The first-order chi connectivity index (χ1) is 12.4. The summed E-state index contributed by atoms with van der Waals surface area (Å²) in [5.41, 5.74) is 3.71.